The van der Waals surface area contributed by atoms with Crippen LogP contribution in [0.1, 0.15) is 26.7 Å². The van der Waals surface area contributed by atoms with E-state index < -0.39 is 0 Å². The molecule has 0 radical (unpaired) electrons. The predicted octanol–water partition coefficient (Wildman–Crippen LogP) is 2.42. The van der Waals surface area contributed by atoms with E-state index in [2.05, 4.69) is 11.0 Å². The topological polar surface area (TPSA) is 47.7 Å². The maximum atomic E-state index is 6.27. The highest BCUT2D eigenvalue weighted by Gasteiger charge is 2.34. The van der Waals surface area contributed by atoms with Crippen molar-refractivity contribution < 1.29 is 9.47 Å². The second kappa shape index (κ2) is 4.93. The van der Waals surface area contributed by atoms with Crippen LogP contribution in [0.2, 0.25) is 0 Å². The molecule has 2 saturated heterocycles. The van der Waals surface area contributed by atoms with Crippen LogP contribution in [-0.4, -0.2) is 31.4 Å². The van der Waals surface area contributed by atoms with Crippen LogP contribution in [0.4, 0.5) is 11.4 Å². The molecule has 0 saturated carbocycles. The van der Waals surface area contributed by atoms with Crippen LogP contribution in [0.15, 0.2) is 18.2 Å². The highest BCUT2D eigenvalue weighted by molar-refractivity contribution is 5.74. The molecule has 0 amide bonds. The van der Waals surface area contributed by atoms with Crippen LogP contribution in [0.25, 0.3) is 0 Å². The van der Waals surface area contributed by atoms with Gasteiger partial charge < -0.3 is 20.1 Å². The van der Waals surface area contributed by atoms with E-state index in [9.17, 15) is 0 Å². The van der Waals surface area contributed by atoms with Crippen molar-refractivity contribution in [1.29, 1.82) is 0 Å². The largest absolute Gasteiger partial charge is 0.489 e. The summed E-state index contributed by atoms with van der Waals surface area (Å²) in [6.45, 7) is 5.90. The number of para-hydroxylation sites is 1. The minimum atomic E-state index is 0.137. The van der Waals surface area contributed by atoms with Crippen molar-refractivity contribution in [2.45, 2.75) is 45.0 Å². The third-order valence-electron chi connectivity index (χ3n) is 3.79. The molecule has 1 aromatic rings. The lowest BCUT2D eigenvalue weighted by atomic mass is 10.2. The molecule has 0 aliphatic carbocycles. The number of ether oxygens (including phenoxy) is 2. The molecule has 2 unspecified atom stereocenters. The number of rotatable bonds is 3. The molecule has 2 heterocycles. The highest BCUT2D eigenvalue weighted by atomic mass is 16.5. The number of hydrogen-bond donors (Lipinski definition) is 1. The molecule has 3 rings (SSSR count). The van der Waals surface area contributed by atoms with Crippen molar-refractivity contribution in [2.75, 3.05) is 23.7 Å². The molecule has 4 heteroatoms. The maximum Gasteiger partial charge on any atom is 0.144 e. The zero-order valence-electron chi connectivity index (χ0n) is 11.6. The normalized spacial score (nSPS) is 25.9. The molecule has 2 aliphatic rings. The zero-order valence-corrected chi connectivity index (χ0v) is 11.6. The van der Waals surface area contributed by atoms with Crippen LogP contribution >= 0.6 is 0 Å². The first kappa shape index (κ1) is 12.6. The third kappa shape index (κ3) is 2.50. The van der Waals surface area contributed by atoms with Crippen molar-refractivity contribution in [3.8, 4) is 5.75 Å². The molecule has 2 aliphatic heterocycles. The summed E-state index contributed by atoms with van der Waals surface area (Å²) in [7, 11) is 0. The van der Waals surface area contributed by atoms with Crippen molar-refractivity contribution in [3.05, 3.63) is 18.2 Å². The SMILES string of the molecule is CC(C)Oc1cccc(N2CC3CCC(C2)O3)c1N. The van der Waals surface area contributed by atoms with Crippen molar-refractivity contribution >= 4 is 11.4 Å². The summed E-state index contributed by atoms with van der Waals surface area (Å²) in [5.41, 5.74) is 8.10. The average molecular weight is 262 g/mol. The van der Waals surface area contributed by atoms with E-state index in [1.807, 2.05) is 26.0 Å². The van der Waals surface area contributed by atoms with Crippen molar-refractivity contribution in [3.63, 3.8) is 0 Å². The Bertz CT molecular complexity index is 449. The van der Waals surface area contributed by atoms with E-state index in [4.69, 9.17) is 15.2 Å². The number of nitrogen functional groups attached to an aromatic ring is 1. The molecule has 4 nitrogen and oxygen atoms in total. The van der Waals surface area contributed by atoms with E-state index in [0.717, 1.165) is 30.2 Å². The lowest BCUT2D eigenvalue weighted by Crippen LogP contribution is -2.42. The monoisotopic (exact) mass is 262 g/mol. The molecule has 2 atom stereocenters. The van der Waals surface area contributed by atoms with Gasteiger partial charge in [0.1, 0.15) is 5.75 Å². The summed E-state index contributed by atoms with van der Waals surface area (Å²) in [6.07, 6.45) is 3.21. The molecular weight excluding hydrogens is 240 g/mol. The quantitative estimate of drug-likeness (QED) is 0.850. The van der Waals surface area contributed by atoms with Crippen LogP contribution in [0.3, 0.4) is 0 Å². The summed E-state index contributed by atoms with van der Waals surface area (Å²) in [4.78, 5) is 2.34. The first-order valence-electron chi connectivity index (χ1n) is 7.09. The smallest absolute Gasteiger partial charge is 0.144 e. The van der Waals surface area contributed by atoms with Gasteiger partial charge >= 0.3 is 0 Å². The lowest BCUT2D eigenvalue weighted by molar-refractivity contribution is 0.0305. The van der Waals surface area contributed by atoms with Gasteiger partial charge in [0.05, 0.1) is 29.7 Å². The fourth-order valence-electron chi connectivity index (χ4n) is 2.98. The fourth-order valence-corrected chi connectivity index (χ4v) is 2.98. The van der Waals surface area contributed by atoms with Crippen molar-refractivity contribution in [1.82, 2.24) is 0 Å². The van der Waals surface area contributed by atoms with Gasteiger partial charge in [0, 0.05) is 13.1 Å². The van der Waals surface area contributed by atoms with E-state index in [1.54, 1.807) is 0 Å². The highest BCUT2D eigenvalue weighted by Crippen LogP contribution is 2.36. The number of anilines is 2. The first-order valence-corrected chi connectivity index (χ1v) is 7.09. The minimum absolute atomic E-state index is 0.137. The predicted molar refractivity (Wildman–Crippen MR) is 76.7 cm³/mol. The van der Waals surface area contributed by atoms with Gasteiger partial charge in [-0.25, -0.2) is 0 Å². The number of fused-ring (bicyclic) bond motifs is 2. The average Bonchev–Trinajstić information content (AvgIpc) is 2.70. The van der Waals surface area contributed by atoms with Crippen LogP contribution in [-0.2, 0) is 4.74 Å². The van der Waals surface area contributed by atoms with E-state index in [1.165, 1.54) is 12.8 Å². The Morgan fingerprint density at radius 3 is 2.58 bits per heavy atom. The number of hydrogen-bond acceptors (Lipinski definition) is 4. The molecule has 1 aromatic carbocycles. The summed E-state index contributed by atoms with van der Waals surface area (Å²) in [6, 6.07) is 6.03. The molecule has 0 aromatic heterocycles. The lowest BCUT2D eigenvalue weighted by Gasteiger charge is -2.34. The Hall–Kier alpha value is -1.42. The molecule has 19 heavy (non-hydrogen) atoms. The van der Waals surface area contributed by atoms with Crippen LogP contribution in [0.5, 0.6) is 5.75 Å². The zero-order chi connectivity index (χ0) is 13.4. The fraction of sp³-hybridized carbons (Fsp3) is 0.600. The standard InChI is InChI=1S/C15H22N2O2/c1-10(2)18-14-5-3-4-13(15(14)16)17-8-11-6-7-12(9-17)19-11/h3-5,10-12H,6-9,16H2,1-2H3. The second-order valence-electron chi connectivity index (χ2n) is 5.72. The van der Waals surface area contributed by atoms with E-state index in [-0.39, 0.29) is 6.10 Å². The van der Waals surface area contributed by atoms with Gasteiger partial charge in [0.15, 0.2) is 0 Å². The Balaban J connectivity index is 1.84. The van der Waals surface area contributed by atoms with Gasteiger partial charge in [-0.3, -0.25) is 0 Å². The van der Waals surface area contributed by atoms with E-state index in [0.29, 0.717) is 12.2 Å². The Kier molecular flexibility index (Phi) is 3.27. The Morgan fingerprint density at radius 2 is 1.95 bits per heavy atom. The van der Waals surface area contributed by atoms with Crippen molar-refractivity contribution in [2.24, 2.45) is 0 Å². The van der Waals surface area contributed by atoms with E-state index >= 15 is 0 Å². The van der Waals surface area contributed by atoms with Gasteiger partial charge in [-0.15, -0.1) is 0 Å². The molecule has 104 valence electrons. The number of morpholine rings is 1. The van der Waals surface area contributed by atoms with Gasteiger partial charge in [0.2, 0.25) is 0 Å². The molecule has 2 fully saturated rings. The van der Waals surface area contributed by atoms with Crippen LogP contribution < -0.4 is 15.4 Å². The summed E-state index contributed by atoms with van der Waals surface area (Å²) < 4.78 is 11.6. The summed E-state index contributed by atoms with van der Waals surface area (Å²) in [5, 5.41) is 0. The number of nitrogens with zero attached hydrogens (tertiary/aromatic N) is 1. The molecule has 2 bridgehead atoms. The Morgan fingerprint density at radius 1 is 1.26 bits per heavy atom. The maximum absolute atomic E-state index is 6.27. The van der Waals surface area contributed by atoms with Gasteiger partial charge in [0.25, 0.3) is 0 Å². The first-order chi connectivity index (χ1) is 9.13. The van der Waals surface area contributed by atoms with Gasteiger partial charge in [-0.05, 0) is 38.8 Å². The molecule has 0 spiro atoms. The van der Waals surface area contributed by atoms with Crippen LogP contribution in [0, 0.1) is 0 Å². The summed E-state index contributed by atoms with van der Waals surface area (Å²) in [5.74, 6) is 0.784. The minimum Gasteiger partial charge on any atom is -0.489 e. The third-order valence-corrected chi connectivity index (χ3v) is 3.79. The number of nitrogens with two attached hydrogens (primary N) is 1. The molecular formula is C15H22N2O2. The van der Waals surface area contributed by atoms with Gasteiger partial charge in [-0.1, -0.05) is 6.07 Å². The number of benzene rings is 1. The summed E-state index contributed by atoms with van der Waals surface area (Å²) >= 11 is 0. The van der Waals surface area contributed by atoms with Gasteiger partial charge in [-0.2, -0.15) is 0 Å². The molecule has 2 N–H and O–H groups in total. The Labute approximate surface area is 114 Å². The second-order valence-corrected chi connectivity index (χ2v) is 5.72.